The predicted octanol–water partition coefficient (Wildman–Crippen LogP) is 4.95. The molecular weight excluding hydrogens is 407 g/mol. The van der Waals surface area contributed by atoms with Crippen LogP contribution in [0.2, 0.25) is 0 Å². The molecule has 1 atom stereocenters. The maximum Gasteiger partial charge on any atom is 0.319 e. The summed E-state index contributed by atoms with van der Waals surface area (Å²) in [6, 6.07) is 14.1. The van der Waals surface area contributed by atoms with E-state index in [4.69, 9.17) is 4.42 Å². The third-order valence-electron chi connectivity index (χ3n) is 5.81. The fourth-order valence-corrected chi connectivity index (χ4v) is 4.26. The zero-order valence-electron chi connectivity index (χ0n) is 18.1. The highest BCUT2D eigenvalue weighted by atomic mass is 19.1. The minimum atomic E-state index is -0.215. The van der Waals surface area contributed by atoms with E-state index in [0.717, 1.165) is 38.0 Å². The first-order chi connectivity index (χ1) is 15.7. The Kier molecular flexibility index (Phi) is 7.51. The monoisotopic (exact) mass is 436 g/mol. The van der Waals surface area contributed by atoms with Crippen LogP contribution in [0.15, 0.2) is 65.5 Å². The van der Waals surface area contributed by atoms with Crippen molar-refractivity contribution in [1.82, 2.24) is 15.2 Å². The van der Waals surface area contributed by atoms with Crippen LogP contribution in [0.1, 0.15) is 24.8 Å². The number of hydrogen-bond acceptors (Lipinski definition) is 4. The SMILES string of the molecule is O=C(NCCCN1CCC[C@@H](Cc2ccc(F)cc2)C1)Nc1cccc(-c2cnco2)c1. The Hall–Kier alpha value is -3.19. The second-order valence-corrected chi connectivity index (χ2v) is 8.32. The van der Waals surface area contributed by atoms with Gasteiger partial charge in [0.1, 0.15) is 5.82 Å². The Labute approximate surface area is 187 Å². The third kappa shape index (κ3) is 6.40. The van der Waals surface area contributed by atoms with Crippen molar-refractivity contribution in [2.45, 2.75) is 25.7 Å². The molecule has 0 aliphatic carbocycles. The summed E-state index contributed by atoms with van der Waals surface area (Å²) in [5, 5.41) is 5.80. The first kappa shape index (κ1) is 22.0. The van der Waals surface area contributed by atoms with Gasteiger partial charge in [-0.2, -0.15) is 0 Å². The summed E-state index contributed by atoms with van der Waals surface area (Å²) in [6.45, 7) is 3.73. The van der Waals surface area contributed by atoms with E-state index >= 15 is 0 Å². The van der Waals surface area contributed by atoms with Gasteiger partial charge in [-0.15, -0.1) is 0 Å². The van der Waals surface area contributed by atoms with Crippen LogP contribution in [0.3, 0.4) is 0 Å². The summed E-state index contributed by atoms with van der Waals surface area (Å²) >= 11 is 0. The smallest absolute Gasteiger partial charge is 0.319 e. The van der Waals surface area contributed by atoms with E-state index in [0.29, 0.717) is 23.9 Å². The first-order valence-electron chi connectivity index (χ1n) is 11.2. The average Bonchev–Trinajstić information content (AvgIpc) is 3.34. The molecule has 2 heterocycles. The van der Waals surface area contributed by atoms with Crippen molar-refractivity contribution in [1.29, 1.82) is 0 Å². The van der Waals surface area contributed by atoms with E-state index in [2.05, 4.69) is 20.5 Å². The minimum absolute atomic E-state index is 0.182. The largest absolute Gasteiger partial charge is 0.444 e. The molecule has 1 fully saturated rings. The Morgan fingerprint density at radius 2 is 2.09 bits per heavy atom. The molecule has 0 unspecified atom stereocenters. The number of carbonyl (C=O) groups excluding carboxylic acids is 1. The zero-order valence-corrected chi connectivity index (χ0v) is 18.1. The van der Waals surface area contributed by atoms with E-state index in [1.54, 1.807) is 6.20 Å². The summed E-state index contributed by atoms with van der Waals surface area (Å²) in [5.74, 6) is 1.08. The zero-order chi connectivity index (χ0) is 22.2. The molecule has 1 aromatic heterocycles. The number of nitrogens with zero attached hydrogens (tertiary/aromatic N) is 2. The highest BCUT2D eigenvalue weighted by Crippen LogP contribution is 2.22. The maximum absolute atomic E-state index is 13.1. The molecule has 7 heteroatoms. The molecule has 0 radical (unpaired) electrons. The van der Waals surface area contributed by atoms with Crippen LogP contribution in [0, 0.1) is 11.7 Å². The molecule has 2 aromatic carbocycles. The number of likely N-dealkylation sites (tertiary alicyclic amines) is 1. The predicted molar refractivity (Wildman–Crippen MR) is 123 cm³/mol. The number of benzene rings is 2. The Morgan fingerprint density at radius 1 is 1.22 bits per heavy atom. The molecule has 1 aliphatic heterocycles. The van der Waals surface area contributed by atoms with Crippen molar-refractivity contribution >= 4 is 11.7 Å². The van der Waals surface area contributed by atoms with Crippen LogP contribution in [-0.2, 0) is 6.42 Å². The van der Waals surface area contributed by atoms with Crippen LogP contribution in [0.4, 0.5) is 14.9 Å². The fraction of sp³-hybridized carbons (Fsp3) is 0.360. The number of oxazole rings is 1. The van der Waals surface area contributed by atoms with Gasteiger partial charge in [0, 0.05) is 24.3 Å². The molecule has 2 amide bonds. The molecule has 0 bridgehead atoms. The van der Waals surface area contributed by atoms with Crippen molar-refractivity contribution < 1.29 is 13.6 Å². The lowest BCUT2D eigenvalue weighted by Crippen LogP contribution is -2.38. The van der Waals surface area contributed by atoms with Gasteiger partial charge in [0.15, 0.2) is 12.2 Å². The lowest BCUT2D eigenvalue weighted by Gasteiger charge is -2.32. The highest BCUT2D eigenvalue weighted by molar-refractivity contribution is 5.89. The number of rotatable bonds is 8. The van der Waals surface area contributed by atoms with Crippen molar-refractivity contribution in [3.8, 4) is 11.3 Å². The number of hydrogen-bond donors (Lipinski definition) is 2. The lowest BCUT2D eigenvalue weighted by atomic mass is 9.91. The van der Waals surface area contributed by atoms with E-state index in [1.165, 1.54) is 36.9 Å². The van der Waals surface area contributed by atoms with Gasteiger partial charge < -0.3 is 20.0 Å². The van der Waals surface area contributed by atoms with Gasteiger partial charge in [-0.05, 0) is 74.5 Å². The molecular formula is C25H29FN4O2. The van der Waals surface area contributed by atoms with Crippen molar-refractivity contribution in [2.24, 2.45) is 5.92 Å². The number of nitrogens with one attached hydrogen (secondary N) is 2. The summed E-state index contributed by atoms with van der Waals surface area (Å²) in [7, 11) is 0. The topological polar surface area (TPSA) is 70.4 Å². The molecule has 1 saturated heterocycles. The van der Waals surface area contributed by atoms with Gasteiger partial charge in [-0.1, -0.05) is 24.3 Å². The van der Waals surface area contributed by atoms with Crippen LogP contribution in [0.25, 0.3) is 11.3 Å². The van der Waals surface area contributed by atoms with Gasteiger partial charge in [-0.25, -0.2) is 14.2 Å². The number of urea groups is 1. The van der Waals surface area contributed by atoms with E-state index < -0.39 is 0 Å². The number of halogens is 1. The van der Waals surface area contributed by atoms with Gasteiger partial charge in [0.05, 0.1) is 6.20 Å². The molecule has 32 heavy (non-hydrogen) atoms. The molecule has 3 aromatic rings. The van der Waals surface area contributed by atoms with E-state index in [9.17, 15) is 9.18 Å². The summed E-state index contributed by atoms with van der Waals surface area (Å²) < 4.78 is 18.4. The van der Waals surface area contributed by atoms with Crippen LogP contribution < -0.4 is 10.6 Å². The third-order valence-corrected chi connectivity index (χ3v) is 5.81. The normalized spacial score (nSPS) is 16.6. The van der Waals surface area contributed by atoms with Crippen molar-refractivity contribution in [2.75, 3.05) is 31.5 Å². The van der Waals surface area contributed by atoms with Crippen molar-refractivity contribution in [3.05, 3.63) is 72.5 Å². The molecule has 2 N–H and O–H groups in total. The molecule has 1 aliphatic rings. The fourth-order valence-electron chi connectivity index (χ4n) is 4.26. The quantitative estimate of drug-likeness (QED) is 0.491. The van der Waals surface area contributed by atoms with Gasteiger partial charge in [0.25, 0.3) is 0 Å². The molecule has 0 saturated carbocycles. The number of aromatic nitrogens is 1. The van der Waals surface area contributed by atoms with E-state index in [-0.39, 0.29) is 11.8 Å². The molecule has 4 rings (SSSR count). The summed E-state index contributed by atoms with van der Waals surface area (Å²) in [4.78, 5) is 18.6. The van der Waals surface area contributed by atoms with Crippen LogP contribution in [0.5, 0.6) is 0 Å². The van der Waals surface area contributed by atoms with Crippen molar-refractivity contribution in [3.63, 3.8) is 0 Å². The second-order valence-electron chi connectivity index (χ2n) is 8.32. The Bertz CT molecular complexity index is 991. The maximum atomic E-state index is 13.1. The summed E-state index contributed by atoms with van der Waals surface area (Å²) in [5.41, 5.74) is 2.76. The second kappa shape index (κ2) is 10.9. The number of amides is 2. The van der Waals surface area contributed by atoms with Crippen LogP contribution in [-0.4, -0.2) is 42.1 Å². The Morgan fingerprint density at radius 3 is 2.91 bits per heavy atom. The number of piperidine rings is 1. The Balaban J connectivity index is 1.16. The molecule has 6 nitrogen and oxygen atoms in total. The minimum Gasteiger partial charge on any atom is -0.444 e. The number of carbonyl (C=O) groups is 1. The lowest BCUT2D eigenvalue weighted by molar-refractivity contribution is 0.172. The molecule has 168 valence electrons. The number of anilines is 1. The van der Waals surface area contributed by atoms with E-state index in [1.807, 2.05) is 36.4 Å². The average molecular weight is 437 g/mol. The molecule has 0 spiro atoms. The van der Waals surface area contributed by atoms with Crippen LogP contribution >= 0.6 is 0 Å². The first-order valence-corrected chi connectivity index (χ1v) is 11.2. The highest BCUT2D eigenvalue weighted by Gasteiger charge is 2.19. The standard InChI is InChI=1S/C25H29FN4O2/c26-22-9-7-19(8-10-22)14-20-4-2-12-30(17-20)13-3-11-28-25(31)29-23-6-1-5-21(15-23)24-16-27-18-32-24/h1,5-10,15-16,18,20H,2-4,11-14,17H2,(H2,28,29,31)/t20-/m0/s1. The summed E-state index contributed by atoms with van der Waals surface area (Å²) in [6.07, 6.45) is 7.31. The van der Waals surface area contributed by atoms with Gasteiger partial charge in [0.2, 0.25) is 0 Å². The van der Waals surface area contributed by atoms with Gasteiger partial charge >= 0.3 is 6.03 Å². The van der Waals surface area contributed by atoms with Gasteiger partial charge in [-0.3, -0.25) is 0 Å².